The Hall–Kier alpha value is -4.44. The normalized spacial score (nSPS) is 13.5. The molecule has 0 heterocycles. The van der Waals surface area contributed by atoms with Gasteiger partial charge in [-0.25, -0.2) is 0 Å². The highest BCUT2D eigenvalue weighted by molar-refractivity contribution is 7.14. The van der Waals surface area contributed by atoms with E-state index >= 15 is 0 Å². The fraction of sp³-hybridized carbons (Fsp3) is 0.436. The van der Waals surface area contributed by atoms with Gasteiger partial charge in [0.05, 0.1) is 64.0 Å². The number of hydrogen-bond acceptors (Lipinski definition) is 9. The van der Waals surface area contributed by atoms with Gasteiger partial charge in [0.1, 0.15) is 17.2 Å². The summed E-state index contributed by atoms with van der Waals surface area (Å²) in [5.41, 5.74) is 7.11. The molecule has 49 heavy (non-hydrogen) atoms. The van der Waals surface area contributed by atoms with Crippen molar-refractivity contribution in [1.29, 1.82) is 0 Å². The highest BCUT2D eigenvalue weighted by Crippen LogP contribution is 2.52. The molecule has 0 amide bonds. The van der Waals surface area contributed by atoms with Crippen molar-refractivity contribution in [3.8, 4) is 51.7 Å². The van der Waals surface area contributed by atoms with Crippen LogP contribution >= 0.6 is 0 Å². The van der Waals surface area contributed by atoms with E-state index < -0.39 is 8.07 Å². The summed E-state index contributed by atoms with van der Waals surface area (Å²) >= 11 is 0. The van der Waals surface area contributed by atoms with Crippen LogP contribution in [-0.4, -0.2) is 72.1 Å². The molecule has 0 aromatic heterocycles. The minimum Gasteiger partial charge on any atom is -0.496 e. The SMILES string of the molecule is COc1cc([Si](c2cc(OC)c(C)c(OC)c2OC)(c2cc(OC)c(C)c(OC)c2OC)C2C(C)=C(C)C(C)=C2C)c(OC)c(OC)c1C. The lowest BCUT2D eigenvalue weighted by atomic mass is 10.1. The van der Waals surface area contributed by atoms with Gasteiger partial charge in [0, 0.05) is 37.8 Å². The molecule has 4 rings (SSSR count). The molecule has 0 atom stereocenters. The third-order valence-electron chi connectivity index (χ3n) is 10.5. The summed E-state index contributed by atoms with van der Waals surface area (Å²) in [4.78, 5) is 0. The molecule has 0 spiro atoms. The molecule has 1 aliphatic carbocycles. The molecule has 0 unspecified atom stereocenters. The highest BCUT2D eigenvalue weighted by atomic mass is 28.3. The summed E-state index contributed by atoms with van der Waals surface area (Å²) in [5.74, 6) is 5.39. The smallest absolute Gasteiger partial charge is 0.174 e. The first-order chi connectivity index (χ1) is 23.4. The monoisotopic (exact) mass is 692 g/mol. The molecule has 3 aromatic rings. The summed E-state index contributed by atoms with van der Waals surface area (Å²) in [6.45, 7) is 14.7. The van der Waals surface area contributed by atoms with Crippen molar-refractivity contribution in [2.45, 2.75) is 54.0 Å². The Bertz CT molecular complexity index is 1630. The Balaban J connectivity index is 2.60. The van der Waals surface area contributed by atoms with E-state index in [0.717, 1.165) is 32.3 Å². The average Bonchev–Trinajstić information content (AvgIpc) is 3.30. The highest BCUT2D eigenvalue weighted by Gasteiger charge is 2.57. The van der Waals surface area contributed by atoms with Crippen LogP contribution in [0.1, 0.15) is 44.4 Å². The van der Waals surface area contributed by atoms with Crippen LogP contribution in [0.2, 0.25) is 5.54 Å². The summed E-state index contributed by atoms with van der Waals surface area (Å²) in [5, 5.41) is 2.62. The molecule has 0 N–H and O–H groups in total. The Morgan fingerprint density at radius 2 is 0.612 bits per heavy atom. The zero-order chi connectivity index (χ0) is 36.5. The lowest BCUT2D eigenvalue weighted by Gasteiger charge is -2.43. The van der Waals surface area contributed by atoms with Crippen molar-refractivity contribution in [3.63, 3.8) is 0 Å². The molecule has 0 aliphatic heterocycles. The van der Waals surface area contributed by atoms with Crippen molar-refractivity contribution < 1.29 is 42.6 Å². The minimum atomic E-state index is -3.72. The number of benzene rings is 3. The summed E-state index contributed by atoms with van der Waals surface area (Å²) in [7, 11) is 11.2. The van der Waals surface area contributed by atoms with Crippen molar-refractivity contribution in [3.05, 3.63) is 57.2 Å². The molecule has 0 saturated carbocycles. The molecular formula is C39H52O9Si. The predicted molar refractivity (Wildman–Crippen MR) is 198 cm³/mol. The van der Waals surface area contributed by atoms with Gasteiger partial charge < -0.3 is 42.6 Å². The topological polar surface area (TPSA) is 83.1 Å². The number of hydrogen-bond donors (Lipinski definition) is 0. The summed E-state index contributed by atoms with van der Waals surface area (Å²) in [6.07, 6.45) is 0. The van der Waals surface area contributed by atoms with Crippen molar-refractivity contribution in [1.82, 2.24) is 0 Å². The second-order valence-corrected chi connectivity index (χ2v) is 16.1. The van der Waals surface area contributed by atoms with E-state index in [0.29, 0.717) is 51.7 Å². The lowest BCUT2D eigenvalue weighted by molar-refractivity contribution is 0.346. The molecule has 266 valence electrons. The standard InChI is InChI=1S/C39H52O9Si/c1-20-21(2)23(4)39(22(20)3)49(30-17-27(40-8)24(5)33(43-11)36(30)46-14,31-18-28(41-9)25(6)34(44-12)37(31)47-15)32-19-29(42-10)26(7)35(45-13)38(32)48-16/h17-19,39H,1-16H3. The van der Waals surface area contributed by atoms with Crippen LogP contribution in [0.15, 0.2) is 40.5 Å². The van der Waals surface area contributed by atoms with Gasteiger partial charge in [0.2, 0.25) is 0 Å². The van der Waals surface area contributed by atoms with Gasteiger partial charge in [0.25, 0.3) is 0 Å². The minimum absolute atomic E-state index is 0.185. The van der Waals surface area contributed by atoms with Crippen molar-refractivity contribution in [2.75, 3.05) is 64.0 Å². The summed E-state index contributed by atoms with van der Waals surface area (Å²) in [6, 6.07) is 6.26. The maximum Gasteiger partial charge on any atom is 0.174 e. The first kappa shape index (κ1) is 37.4. The Kier molecular flexibility index (Phi) is 11.1. The Labute approximate surface area is 292 Å². The molecule has 9 nitrogen and oxygen atoms in total. The molecular weight excluding hydrogens is 641 g/mol. The quantitative estimate of drug-likeness (QED) is 0.153. The van der Waals surface area contributed by atoms with Gasteiger partial charge in [-0.15, -0.1) is 0 Å². The van der Waals surface area contributed by atoms with E-state index in [4.69, 9.17) is 42.6 Å². The van der Waals surface area contributed by atoms with Crippen molar-refractivity contribution in [2.24, 2.45) is 0 Å². The number of rotatable bonds is 13. The molecule has 10 heteroatoms. The molecule has 0 radical (unpaired) electrons. The third kappa shape index (κ3) is 5.44. The fourth-order valence-electron chi connectivity index (χ4n) is 7.89. The first-order valence-corrected chi connectivity index (χ1v) is 18.2. The second kappa shape index (κ2) is 14.6. The van der Waals surface area contributed by atoms with Crippen LogP contribution < -0.4 is 58.2 Å². The van der Waals surface area contributed by atoms with E-state index in [-0.39, 0.29) is 5.54 Å². The average molecular weight is 693 g/mol. The molecule has 0 saturated heterocycles. The Morgan fingerprint density at radius 3 is 0.816 bits per heavy atom. The molecule has 0 bridgehead atoms. The predicted octanol–water partition coefficient (Wildman–Crippen LogP) is 6.22. The van der Waals surface area contributed by atoms with E-state index in [1.54, 1.807) is 64.0 Å². The van der Waals surface area contributed by atoms with Crippen LogP contribution in [-0.2, 0) is 0 Å². The first-order valence-electron chi connectivity index (χ1n) is 16.1. The molecule has 1 aliphatic rings. The van der Waals surface area contributed by atoms with Gasteiger partial charge in [-0.3, -0.25) is 0 Å². The third-order valence-corrected chi connectivity index (χ3v) is 15.9. The lowest BCUT2D eigenvalue weighted by Crippen LogP contribution is -2.71. The van der Waals surface area contributed by atoms with Crippen LogP contribution in [0.4, 0.5) is 0 Å². The zero-order valence-electron chi connectivity index (χ0n) is 32.0. The van der Waals surface area contributed by atoms with Gasteiger partial charge >= 0.3 is 0 Å². The van der Waals surface area contributed by atoms with Gasteiger partial charge in [0.15, 0.2) is 42.6 Å². The number of allylic oxidation sites excluding steroid dienone is 4. The molecule has 3 aromatic carbocycles. The van der Waals surface area contributed by atoms with Gasteiger partial charge in [-0.05, 0) is 77.8 Å². The van der Waals surface area contributed by atoms with E-state index in [1.807, 2.05) is 20.8 Å². The number of ether oxygens (including phenoxy) is 9. The second-order valence-electron chi connectivity index (χ2n) is 12.3. The van der Waals surface area contributed by atoms with E-state index in [2.05, 4.69) is 45.9 Å². The summed E-state index contributed by atoms with van der Waals surface area (Å²) < 4.78 is 55.9. The van der Waals surface area contributed by atoms with Gasteiger partial charge in [-0.1, -0.05) is 11.1 Å². The maximum absolute atomic E-state index is 6.42. The van der Waals surface area contributed by atoms with Crippen molar-refractivity contribution >= 4 is 23.6 Å². The van der Waals surface area contributed by atoms with E-state index in [9.17, 15) is 0 Å². The van der Waals surface area contributed by atoms with Crippen LogP contribution in [0.5, 0.6) is 51.7 Å². The van der Waals surface area contributed by atoms with E-state index in [1.165, 1.54) is 22.3 Å². The van der Waals surface area contributed by atoms with Crippen LogP contribution in [0.25, 0.3) is 0 Å². The van der Waals surface area contributed by atoms with Crippen LogP contribution in [0.3, 0.4) is 0 Å². The largest absolute Gasteiger partial charge is 0.496 e. The van der Waals surface area contributed by atoms with Crippen LogP contribution in [0, 0.1) is 20.8 Å². The zero-order valence-corrected chi connectivity index (χ0v) is 33.0. The van der Waals surface area contributed by atoms with Gasteiger partial charge in [-0.2, -0.15) is 0 Å². The fourth-order valence-corrected chi connectivity index (χ4v) is 14.2. The maximum atomic E-state index is 6.42. The molecule has 0 fully saturated rings. The Morgan fingerprint density at radius 1 is 0.367 bits per heavy atom. The number of methoxy groups -OCH3 is 9.